The average molecular weight is 490 g/mol. The van der Waals surface area contributed by atoms with E-state index in [9.17, 15) is 8.42 Å². The van der Waals surface area contributed by atoms with Crippen LogP contribution in [-0.2, 0) is 16.4 Å². The lowest BCUT2D eigenvalue weighted by molar-refractivity contribution is 0.414. The molecular formula is C26H23N3O3S2. The number of thiophene rings is 1. The van der Waals surface area contributed by atoms with Crippen molar-refractivity contribution in [1.29, 1.82) is 0 Å². The van der Waals surface area contributed by atoms with Crippen molar-refractivity contribution in [3.05, 3.63) is 78.5 Å². The number of benzene rings is 3. The molecular weight excluding hydrogens is 466 g/mol. The van der Waals surface area contributed by atoms with Gasteiger partial charge in [0.15, 0.2) is 9.84 Å². The Balaban J connectivity index is 1.51. The second-order valence-corrected chi connectivity index (χ2v) is 11.1. The summed E-state index contributed by atoms with van der Waals surface area (Å²) >= 11 is 1.63. The standard InChI is InChI=1S/C26H23N3O3S2/c1-32-19-8-3-16(4-9-19)14-28-26-24-21-12-7-18(13-23(21)33-25(24)22(27)15-29-26)17-5-10-20(11-6-17)34(2,30)31/h3-13,15H,14,27H2,1-2H3,(H,28,29). The van der Waals surface area contributed by atoms with Gasteiger partial charge in [-0.05, 0) is 47.0 Å². The number of sulfone groups is 1. The Bertz CT molecular complexity index is 1610. The topological polar surface area (TPSA) is 94.3 Å². The average Bonchev–Trinajstić information content (AvgIpc) is 3.23. The number of nitrogens with one attached hydrogen (secondary N) is 1. The minimum atomic E-state index is -3.22. The van der Waals surface area contributed by atoms with E-state index in [1.54, 1.807) is 36.8 Å². The molecule has 172 valence electrons. The molecule has 0 atom stereocenters. The number of hydrogen-bond acceptors (Lipinski definition) is 7. The SMILES string of the molecule is COc1ccc(CNc2ncc(N)c3sc4cc(-c5ccc(S(C)(=O)=O)cc5)ccc4c23)cc1. The van der Waals surface area contributed by atoms with Gasteiger partial charge in [0.05, 0.1) is 28.6 Å². The molecule has 5 aromatic rings. The third-order valence-corrected chi connectivity index (χ3v) is 8.09. The molecule has 0 saturated carbocycles. The summed E-state index contributed by atoms with van der Waals surface area (Å²) in [6, 6.07) is 21.1. The smallest absolute Gasteiger partial charge is 0.175 e. The Labute approximate surface area is 201 Å². The molecule has 0 fully saturated rings. The van der Waals surface area contributed by atoms with Crippen LogP contribution in [0.25, 0.3) is 31.3 Å². The molecule has 34 heavy (non-hydrogen) atoms. The van der Waals surface area contributed by atoms with Gasteiger partial charge in [-0.25, -0.2) is 13.4 Å². The number of methoxy groups -OCH3 is 1. The monoisotopic (exact) mass is 489 g/mol. The van der Waals surface area contributed by atoms with Gasteiger partial charge in [0.2, 0.25) is 0 Å². The number of nitrogens with zero attached hydrogens (tertiary/aromatic N) is 1. The van der Waals surface area contributed by atoms with E-state index in [-0.39, 0.29) is 0 Å². The van der Waals surface area contributed by atoms with E-state index >= 15 is 0 Å². The highest BCUT2D eigenvalue weighted by atomic mass is 32.2. The number of rotatable bonds is 6. The number of pyridine rings is 1. The summed E-state index contributed by atoms with van der Waals surface area (Å²) in [6.07, 6.45) is 2.91. The van der Waals surface area contributed by atoms with Crippen molar-refractivity contribution in [2.75, 3.05) is 24.4 Å². The van der Waals surface area contributed by atoms with E-state index in [4.69, 9.17) is 10.5 Å². The van der Waals surface area contributed by atoms with Crippen LogP contribution < -0.4 is 15.8 Å². The number of fused-ring (bicyclic) bond motifs is 3. The molecule has 0 saturated heterocycles. The summed E-state index contributed by atoms with van der Waals surface area (Å²) < 4.78 is 30.8. The van der Waals surface area contributed by atoms with Gasteiger partial charge in [0.25, 0.3) is 0 Å². The second-order valence-electron chi connectivity index (χ2n) is 8.08. The Hall–Kier alpha value is -3.62. The summed E-state index contributed by atoms with van der Waals surface area (Å²) in [5.74, 6) is 1.61. The van der Waals surface area contributed by atoms with Crippen molar-refractivity contribution < 1.29 is 13.2 Å². The Morgan fingerprint density at radius 3 is 2.38 bits per heavy atom. The second kappa shape index (κ2) is 8.62. The maximum absolute atomic E-state index is 11.8. The number of hydrogen-bond donors (Lipinski definition) is 2. The van der Waals surface area contributed by atoms with E-state index in [1.807, 2.05) is 42.5 Å². The minimum Gasteiger partial charge on any atom is -0.497 e. The normalized spacial score (nSPS) is 11.7. The van der Waals surface area contributed by atoms with Crippen LogP contribution >= 0.6 is 11.3 Å². The van der Waals surface area contributed by atoms with Gasteiger partial charge in [-0.3, -0.25) is 0 Å². The van der Waals surface area contributed by atoms with Crippen molar-refractivity contribution in [3.63, 3.8) is 0 Å². The van der Waals surface area contributed by atoms with Gasteiger partial charge in [-0.1, -0.05) is 36.4 Å². The van der Waals surface area contributed by atoms with E-state index in [0.29, 0.717) is 17.1 Å². The first-order valence-electron chi connectivity index (χ1n) is 10.6. The maximum Gasteiger partial charge on any atom is 0.175 e. The molecule has 0 aliphatic heterocycles. The minimum absolute atomic E-state index is 0.311. The molecule has 3 N–H and O–H groups in total. The number of nitrogen functional groups attached to an aromatic ring is 1. The van der Waals surface area contributed by atoms with Gasteiger partial charge >= 0.3 is 0 Å². The van der Waals surface area contributed by atoms with Gasteiger partial charge in [-0.15, -0.1) is 11.3 Å². The quantitative estimate of drug-likeness (QED) is 0.317. The predicted octanol–water partition coefficient (Wildman–Crippen LogP) is 5.72. The molecule has 0 unspecified atom stereocenters. The van der Waals surface area contributed by atoms with Crippen LogP contribution in [0.1, 0.15) is 5.56 Å². The van der Waals surface area contributed by atoms with Gasteiger partial charge < -0.3 is 15.8 Å². The van der Waals surface area contributed by atoms with Crippen LogP contribution in [0.3, 0.4) is 0 Å². The highest BCUT2D eigenvalue weighted by molar-refractivity contribution is 7.90. The van der Waals surface area contributed by atoms with Crippen LogP contribution in [0.15, 0.2) is 77.8 Å². The Kier molecular flexibility index (Phi) is 5.63. The van der Waals surface area contributed by atoms with Crippen molar-refractivity contribution in [2.24, 2.45) is 0 Å². The zero-order valence-electron chi connectivity index (χ0n) is 18.7. The lowest BCUT2D eigenvalue weighted by atomic mass is 10.0. The number of aromatic nitrogens is 1. The largest absolute Gasteiger partial charge is 0.497 e. The van der Waals surface area contributed by atoms with E-state index < -0.39 is 9.84 Å². The molecule has 5 rings (SSSR count). The van der Waals surface area contributed by atoms with Crippen molar-refractivity contribution in [1.82, 2.24) is 4.98 Å². The Morgan fingerprint density at radius 1 is 1.00 bits per heavy atom. The lowest BCUT2D eigenvalue weighted by Crippen LogP contribution is -2.02. The summed E-state index contributed by atoms with van der Waals surface area (Å²) in [6.45, 7) is 0.623. The molecule has 0 spiro atoms. The zero-order valence-corrected chi connectivity index (χ0v) is 20.3. The molecule has 6 nitrogen and oxygen atoms in total. The first-order chi connectivity index (χ1) is 16.3. The summed E-state index contributed by atoms with van der Waals surface area (Å²) in [5.41, 5.74) is 10.0. The highest BCUT2D eigenvalue weighted by Crippen LogP contribution is 2.41. The maximum atomic E-state index is 11.8. The van der Waals surface area contributed by atoms with Crippen LogP contribution in [0.2, 0.25) is 0 Å². The Morgan fingerprint density at radius 2 is 1.71 bits per heavy atom. The molecule has 2 heterocycles. The zero-order chi connectivity index (χ0) is 23.9. The van der Waals surface area contributed by atoms with Crippen LogP contribution in [0.5, 0.6) is 5.75 Å². The fraction of sp³-hybridized carbons (Fsp3) is 0.115. The summed E-state index contributed by atoms with van der Waals surface area (Å²) in [5, 5.41) is 5.54. The van der Waals surface area contributed by atoms with Gasteiger partial charge in [0, 0.05) is 28.3 Å². The molecule has 0 aliphatic carbocycles. The molecule has 0 amide bonds. The first-order valence-corrected chi connectivity index (χ1v) is 13.3. The van der Waals surface area contributed by atoms with E-state index in [1.165, 1.54) is 6.26 Å². The number of ether oxygens (including phenoxy) is 1. The van der Waals surface area contributed by atoms with Gasteiger partial charge in [-0.2, -0.15) is 0 Å². The first kappa shape index (κ1) is 22.2. The summed E-state index contributed by atoms with van der Waals surface area (Å²) in [7, 11) is -1.57. The lowest BCUT2D eigenvalue weighted by Gasteiger charge is -2.09. The van der Waals surface area contributed by atoms with Crippen LogP contribution in [0, 0.1) is 0 Å². The van der Waals surface area contributed by atoms with Crippen molar-refractivity contribution in [2.45, 2.75) is 11.4 Å². The van der Waals surface area contributed by atoms with E-state index in [0.717, 1.165) is 48.4 Å². The predicted molar refractivity (Wildman–Crippen MR) is 140 cm³/mol. The third kappa shape index (κ3) is 4.18. The molecule has 3 aromatic carbocycles. The van der Waals surface area contributed by atoms with Crippen molar-refractivity contribution >= 4 is 52.9 Å². The van der Waals surface area contributed by atoms with Crippen LogP contribution in [-0.4, -0.2) is 26.8 Å². The molecule has 8 heteroatoms. The third-order valence-electron chi connectivity index (χ3n) is 5.76. The molecule has 0 radical (unpaired) electrons. The number of nitrogens with two attached hydrogens (primary N) is 1. The summed E-state index contributed by atoms with van der Waals surface area (Å²) in [4.78, 5) is 4.89. The van der Waals surface area contributed by atoms with Crippen molar-refractivity contribution in [3.8, 4) is 16.9 Å². The van der Waals surface area contributed by atoms with E-state index in [2.05, 4.69) is 22.4 Å². The fourth-order valence-corrected chi connectivity index (χ4v) is 5.73. The fourth-order valence-electron chi connectivity index (χ4n) is 3.93. The highest BCUT2D eigenvalue weighted by Gasteiger charge is 2.15. The van der Waals surface area contributed by atoms with Crippen LogP contribution in [0.4, 0.5) is 11.5 Å². The molecule has 0 bridgehead atoms. The molecule has 0 aliphatic rings. The number of anilines is 2. The molecule has 2 aromatic heterocycles. The van der Waals surface area contributed by atoms with Gasteiger partial charge in [0.1, 0.15) is 11.6 Å².